The molecule has 0 aromatic heterocycles. The van der Waals surface area contributed by atoms with Gasteiger partial charge in [0, 0.05) is 19.8 Å². The maximum Gasteiger partial charge on any atom is 0.328 e. The van der Waals surface area contributed by atoms with Gasteiger partial charge in [0.05, 0.1) is 5.92 Å². The van der Waals surface area contributed by atoms with Crippen LogP contribution in [0.3, 0.4) is 0 Å². The number of benzene rings is 2. The smallest absolute Gasteiger partial charge is 0.328 e. The van der Waals surface area contributed by atoms with Gasteiger partial charge < -0.3 is 15.4 Å². The fourth-order valence-corrected chi connectivity index (χ4v) is 3.86. The van der Waals surface area contributed by atoms with E-state index in [1.807, 2.05) is 63.2 Å². The molecule has 35 heavy (non-hydrogen) atoms. The lowest BCUT2D eigenvalue weighted by molar-refractivity contribution is -0.137. The van der Waals surface area contributed by atoms with E-state index in [0.29, 0.717) is 24.2 Å². The van der Waals surface area contributed by atoms with Crippen molar-refractivity contribution in [1.29, 1.82) is 0 Å². The molecule has 2 unspecified atom stereocenters. The monoisotopic (exact) mass is 474 g/mol. The van der Waals surface area contributed by atoms with Gasteiger partial charge in [-0.25, -0.2) is 4.79 Å². The van der Waals surface area contributed by atoms with E-state index in [4.69, 9.17) is 10.5 Å². The van der Waals surface area contributed by atoms with Crippen molar-refractivity contribution in [3.8, 4) is 5.75 Å². The third-order valence-electron chi connectivity index (χ3n) is 6.19. The first-order chi connectivity index (χ1) is 16.7. The molecule has 1 aliphatic carbocycles. The first-order valence-corrected chi connectivity index (χ1v) is 12.0. The van der Waals surface area contributed by atoms with Crippen LogP contribution in [0, 0.1) is 11.8 Å². The Labute approximate surface area is 207 Å². The second-order valence-corrected chi connectivity index (χ2v) is 9.46. The molecule has 0 aliphatic heterocycles. The van der Waals surface area contributed by atoms with E-state index in [1.165, 1.54) is 6.08 Å². The van der Waals surface area contributed by atoms with Crippen LogP contribution in [0.4, 0.5) is 5.69 Å². The molecule has 2 N–H and O–H groups in total. The minimum absolute atomic E-state index is 0.0165. The summed E-state index contributed by atoms with van der Waals surface area (Å²) < 4.78 is 5.30. The Morgan fingerprint density at radius 2 is 1.66 bits per heavy atom. The number of allylic oxidation sites excluding steroid dienone is 2. The van der Waals surface area contributed by atoms with Crippen molar-refractivity contribution in [3.05, 3.63) is 71.3 Å². The predicted octanol–water partition coefficient (Wildman–Crippen LogP) is 4.68. The third-order valence-corrected chi connectivity index (χ3v) is 6.19. The molecule has 0 bridgehead atoms. The SMILES string of the molecule is CC(C)C(N)C(=O)Oc1ccc(/C=C/C(=O)C2CCC/C(=C/c3ccc(N(C)C)cc3)C2=O)cc1. The van der Waals surface area contributed by atoms with Gasteiger partial charge in [0.2, 0.25) is 0 Å². The van der Waals surface area contributed by atoms with Crippen LogP contribution in [0.25, 0.3) is 12.2 Å². The fraction of sp³-hybridized carbons (Fsp3) is 0.345. The van der Waals surface area contributed by atoms with Crippen molar-refractivity contribution in [2.24, 2.45) is 17.6 Å². The number of ketones is 2. The van der Waals surface area contributed by atoms with Gasteiger partial charge >= 0.3 is 5.97 Å². The number of hydrogen-bond donors (Lipinski definition) is 1. The number of hydrogen-bond acceptors (Lipinski definition) is 6. The number of ether oxygens (including phenoxy) is 1. The first-order valence-electron chi connectivity index (χ1n) is 12.0. The van der Waals surface area contributed by atoms with Crippen LogP contribution in [-0.2, 0) is 14.4 Å². The van der Waals surface area contributed by atoms with Crippen molar-refractivity contribution >= 4 is 35.4 Å². The highest BCUT2D eigenvalue weighted by atomic mass is 16.5. The lowest BCUT2D eigenvalue weighted by Crippen LogP contribution is -2.38. The van der Waals surface area contributed by atoms with Gasteiger partial charge in [0.1, 0.15) is 11.8 Å². The molecule has 0 radical (unpaired) electrons. The van der Waals surface area contributed by atoms with E-state index in [0.717, 1.165) is 23.2 Å². The maximum absolute atomic E-state index is 13.0. The van der Waals surface area contributed by atoms with Crippen LogP contribution < -0.4 is 15.4 Å². The standard InChI is InChI=1S/C29H34N2O4/c1-19(2)27(30)29(34)35-24-15-10-20(11-16-24)12-17-26(32)25-7-5-6-22(28(25)33)18-21-8-13-23(14-9-21)31(3)4/h8-19,25,27H,5-7,30H2,1-4H3/b17-12+,22-18-. The summed E-state index contributed by atoms with van der Waals surface area (Å²) in [6.45, 7) is 3.71. The van der Waals surface area contributed by atoms with E-state index in [-0.39, 0.29) is 17.5 Å². The molecule has 1 saturated carbocycles. The summed E-state index contributed by atoms with van der Waals surface area (Å²) >= 11 is 0. The third kappa shape index (κ3) is 6.99. The van der Waals surface area contributed by atoms with Crippen LogP contribution in [0.15, 0.2) is 60.2 Å². The largest absolute Gasteiger partial charge is 0.425 e. The molecule has 184 valence electrons. The second-order valence-electron chi connectivity index (χ2n) is 9.46. The summed E-state index contributed by atoms with van der Waals surface area (Å²) in [6.07, 6.45) is 7.09. The molecular formula is C29H34N2O4. The quantitative estimate of drug-likeness (QED) is 0.259. The predicted molar refractivity (Wildman–Crippen MR) is 140 cm³/mol. The Balaban J connectivity index is 1.63. The van der Waals surface area contributed by atoms with Crippen LogP contribution in [0.1, 0.15) is 44.2 Å². The second kappa shape index (κ2) is 11.8. The summed E-state index contributed by atoms with van der Waals surface area (Å²) in [4.78, 5) is 39.9. The number of carbonyl (C=O) groups is 3. The lowest BCUT2D eigenvalue weighted by Gasteiger charge is -2.21. The number of nitrogens with two attached hydrogens (primary N) is 1. The Kier molecular flexibility index (Phi) is 8.77. The summed E-state index contributed by atoms with van der Waals surface area (Å²) in [5.74, 6) is -1.03. The van der Waals surface area contributed by atoms with E-state index in [1.54, 1.807) is 30.3 Å². The lowest BCUT2D eigenvalue weighted by atomic mass is 9.81. The average molecular weight is 475 g/mol. The molecule has 0 spiro atoms. The van der Waals surface area contributed by atoms with E-state index >= 15 is 0 Å². The van der Waals surface area contributed by atoms with Crippen LogP contribution in [0.2, 0.25) is 0 Å². The first kappa shape index (κ1) is 26.1. The van der Waals surface area contributed by atoms with Crippen molar-refractivity contribution < 1.29 is 19.1 Å². The van der Waals surface area contributed by atoms with Crippen molar-refractivity contribution in [2.45, 2.75) is 39.2 Å². The van der Waals surface area contributed by atoms with Gasteiger partial charge in [0.25, 0.3) is 0 Å². The molecule has 1 aliphatic rings. The minimum atomic E-state index is -0.684. The molecule has 0 amide bonds. The number of nitrogens with zero attached hydrogens (tertiary/aromatic N) is 1. The topological polar surface area (TPSA) is 89.7 Å². The zero-order valence-electron chi connectivity index (χ0n) is 20.9. The van der Waals surface area contributed by atoms with Gasteiger partial charge in [-0.2, -0.15) is 0 Å². The Morgan fingerprint density at radius 3 is 2.26 bits per heavy atom. The minimum Gasteiger partial charge on any atom is -0.425 e. The highest BCUT2D eigenvalue weighted by Gasteiger charge is 2.30. The van der Waals surface area contributed by atoms with E-state index < -0.39 is 17.9 Å². The number of Topliss-reactive ketones (excluding diaryl/α,β-unsaturated/α-hetero) is 1. The zero-order valence-corrected chi connectivity index (χ0v) is 20.9. The van der Waals surface area contributed by atoms with E-state index in [9.17, 15) is 14.4 Å². The summed E-state index contributed by atoms with van der Waals surface area (Å²) in [5, 5.41) is 0. The summed E-state index contributed by atoms with van der Waals surface area (Å²) in [7, 11) is 3.96. The normalized spacial score (nSPS) is 18.2. The van der Waals surface area contributed by atoms with Gasteiger partial charge in [-0.15, -0.1) is 0 Å². The molecular weight excluding hydrogens is 440 g/mol. The van der Waals surface area contributed by atoms with Gasteiger partial charge in [-0.05, 0) is 78.3 Å². The molecule has 1 fully saturated rings. The molecule has 2 aromatic rings. The molecule has 0 saturated heterocycles. The summed E-state index contributed by atoms with van der Waals surface area (Å²) in [5.41, 5.74) is 9.33. The van der Waals surface area contributed by atoms with E-state index in [2.05, 4.69) is 0 Å². The number of rotatable bonds is 8. The zero-order chi connectivity index (χ0) is 25.5. The van der Waals surface area contributed by atoms with Crippen molar-refractivity contribution in [3.63, 3.8) is 0 Å². The average Bonchev–Trinajstić information content (AvgIpc) is 2.84. The number of esters is 1. The van der Waals surface area contributed by atoms with Gasteiger partial charge in [-0.1, -0.05) is 44.2 Å². The molecule has 0 heterocycles. The van der Waals surface area contributed by atoms with Crippen molar-refractivity contribution in [1.82, 2.24) is 0 Å². The summed E-state index contributed by atoms with van der Waals surface area (Å²) in [6, 6.07) is 14.1. The van der Waals surface area contributed by atoms with Gasteiger partial charge in [-0.3, -0.25) is 9.59 Å². The van der Waals surface area contributed by atoms with Gasteiger partial charge in [0.15, 0.2) is 11.6 Å². The number of anilines is 1. The molecule has 2 aromatic carbocycles. The van der Waals surface area contributed by atoms with Crippen LogP contribution >= 0.6 is 0 Å². The maximum atomic E-state index is 13.0. The molecule has 3 rings (SSSR count). The highest BCUT2D eigenvalue weighted by Crippen LogP contribution is 2.28. The Bertz CT molecular complexity index is 1110. The fourth-order valence-electron chi connectivity index (χ4n) is 3.86. The number of carbonyl (C=O) groups excluding carboxylic acids is 3. The molecule has 6 heteroatoms. The molecule has 2 atom stereocenters. The highest BCUT2D eigenvalue weighted by molar-refractivity contribution is 6.16. The Hall–Kier alpha value is -3.51. The van der Waals surface area contributed by atoms with Crippen molar-refractivity contribution in [2.75, 3.05) is 19.0 Å². The van der Waals surface area contributed by atoms with Crippen LogP contribution in [-0.4, -0.2) is 37.7 Å². The Morgan fingerprint density at radius 1 is 1.03 bits per heavy atom. The van der Waals surface area contributed by atoms with Crippen LogP contribution in [0.5, 0.6) is 5.75 Å². The molecule has 6 nitrogen and oxygen atoms in total.